The highest BCUT2D eigenvalue weighted by Crippen LogP contribution is 2.55. The normalized spacial score (nSPS) is 16.8. The molecule has 4 aromatic carbocycles. The first kappa shape index (κ1) is 34.0. The van der Waals surface area contributed by atoms with E-state index in [2.05, 4.69) is 26.0 Å². The first-order chi connectivity index (χ1) is 23.2. The summed E-state index contributed by atoms with van der Waals surface area (Å²) in [5.41, 5.74) is 5.13. The fraction of sp³-hybridized carbons (Fsp3) is 0.500. The van der Waals surface area contributed by atoms with Gasteiger partial charge in [0.05, 0.1) is 54.9 Å². The zero-order chi connectivity index (χ0) is 34.3. The van der Waals surface area contributed by atoms with Crippen molar-refractivity contribution in [3.05, 3.63) is 46.5 Å². The lowest BCUT2D eigenvalue weighted by Crippen LogP contribution is -2.12. The first-order valence-electron chi connectivity index (χ1n) is 17.1. The molecule has 8 heteroatoms. The van der Waals surface area contributed by atoms with E-state index in [-0.39, 0.29) is 11.8 Å². The third-order valence-corrected chi connectivity index (χ3v) is 10.9. The molecule has 2 saturated carbocycles. The summed E-state index contributed by atoms with van der Waals surface area (Å²) in [6.07, 6.45) is 6.88. The van der Waals surface area contributed by atoms with Gasteiger partial charge >= 0.3 is 0 Å². The van der Waals surface area contributed by atoms with Crippen LogP contribution in [0.25, 0.3) is 32.7 Å². The Morgan fingerprint density at radius 2 is 0.812 bits per heavy atom. The second kappa shape index (κ2) is 13.9. The SMILES string of the molecule is COc1cc2c(OC)c(-c3c(C)cc4c(C(O)C5CCCC5)c(OC)c(OC)cc4c3OC)c(C)cc2c(C(O)C2CCCC2)c1OC. The van der Waals surface area contributed by atoms with Crippen molar-refractivity contribution in [2.75, 3.05) is 42.7 Å². The molecule has 48 heavy (non-hydrogen) atoms. The number of fused-ring (bicyclic) bond motifs is 2. The minimum atomic E-state index is -0.709. The van der Waals surface area contributed by atoms with Gasteiger partial charge in [-0.05, 0) is 85.4 Å². The van der Waals surface area contributed by atoms with E-state index in [0.29, 0.717) is 34.5 Å². The maximum Gasteiger partial charge on any atom is 0.167 e. The van der Waals surface area contributed by atoms with Crippen LogP contribution in [-0.2, 0) is 0 Å². The largest absolute Gasteiger partial charge is 0.495 e. The standard InChI is InChI=1S/C40H50O8/c1-21-17-25-27(19-29(43-3)39(47-7)33(25)35(41)23-13-9-10-14-23)37(45-5)31(21)32-22(2)18-26-28(38(32)46-6)20-30(44-4)40(48-8)34(26)36(42)24-15-11-12-16-24/h17-20,23-24,35-36,41-42H,9-16H2,1-8H3. The zero-order valence-electron chi connectivity index (χ0n) is 29.6. The molecule has 0 spiro atoms. The van der Waals surface area contributed by atoms with Gasteiger partial charge in [-0.1, -0.05) is 37.8 Å². The zero-order valence-corrected chi connectivity index (χ0v) is 29.6. The Morgan fingerprint density at radius 1 is 0.479 bits per heavy atom. The van der Waals surface area contributed by atoms with E-state index in [0.717, 1.165) is 106 Å². The molecule has 2 aliphatic rings. The van der Waals surface area contributed by atoms with E-state index >= 15 is 0 Å². The van der Waals surface area contributed by atoms with Crippen LogP contribution in [0.5, 0.6) is 34.5 Å². The number of aliphatic hydroxyl groups excluding tert-OH is 2. The molecular weight excluding hydrogens is 608 g/mol. The predicted octanol–water partition coefficient (Wildman–Crippen LogP) is 8.78. The molecule has 0 saturated heterocycles. The minimum absolute atomic E-state index is 0.142. The van der Waals surface area contributed by atoms with Crippen LogP contribution in [-0.4, -0.2) is 52.9 Å². The Morgan fingerprint density at radius 3 is 1.10 bits per heavy atom. The van der Waals surface area contributed by atoms with Crippen molar-refractivity contribution < 1.29 is 38.6 Å². The van der Waals surface area contributed by atoms with Gasteiger partial charge < -0.3 is 38.6 Å². The number of benzene rings is 4. The van der Waals surface area contributed by atoms with Gasteiger partial charge in [0.15, 0.2) is 23.0 Å². The number of rotatable bonds is 11. The summed E-state index contributed by atoms with van der Waals surface area (Å²) in [6, 6.07) is 8.12. The topological polar surface area (TPSA) is 95.8 Å². The van der Waals surface area contributed by atoms with Crippen molar-refractivity contribution in [1.82, 2.24) is 0 Å². The predicted molar refractivity (Wildman–Crippen MR) is 190 cm³/mol. The van der Waals surface area contributed by atoms with E-state index in [1.165, 1.54) is 0 Å². The van der Waals surface area contributed by atoms with Crippen LogP contribution in [0.3, 0.4) is 0 Å². The lowest BCUT2D eigenvalue weighted by Gasteiger charge is -2.27. The second-order valence-corrected chi connectivity index (χ2v) is 13.4. The van der Waals surface area contributed by atoms with Gasteiger partial charge in [-0.3, -0.25) is 0 Å². The summed E-state index contributed by atoms with van der Waals surface area (Å²) < 4.78 is 36.1. The van der Waals surface area contributed by atoms with E-state index < -0.39 is 12.2 Å². The molecule has 8 nitrogen and oxygen atoms in total. The Kier molecular flexibility index (Phi) is 9.86. The average Bonchev–Trinajstić information content (AvgIpc) is 3.84. The van der Waals surface area contributed by atoms with Gasteiger partial charge in [-0.15, -0.1) is 0 Å². The Hall–Kier alpha value is -3.88. The summed E-state index contributed by atoms with van der Waals surface area (Å²) >= 11 is 0. The molecule has 2 atom stereocenters. The first-order valence-corrected chi connectivity index (χ1v) is 17.1. The number of aliphatic hydroxyl groups is 2. The van der Waals surface area contributed by atoms with Gasteiger partial charge in [0.1, 0.15) is 11.5 Å². The van der Waals surface area contributed by atoms with E-state index in [1.54, 1.807) is 42.7 Å². The maximum absolute atomic E-state index is 11.8. The third-order valence-electron chi connectivity index (χ3n) is 10.9. The highest BCUT2D eigenvalue weighted by molar-refractivity contribution is 6.06. The second-order valence-electron chi connectivity index (χ2n) is 13.4. The Balaban J connectivity index is 1.67. The van der Waals surface area contributed by atoms with Crippen LogP contribution >= 0.6 is 0 Å². The summed E-state index contributed by atoms with van der Waals surface area (Å²) in [5.74, 6) is 3.76. The third kappa shape index (κ3) is 5.47. The van der Waals surface area contributed by atoms with Crippen molar-refractivity contribution in [3.63, 3.8) is 0 Å². The number of methoxy groups -OCH3 is 6. The quantitative estimate of drug-likeness (QED) is 0.165. The molecule has 0 amide bonds. The van der Waals surface area contributed by atoms with Crippen molar-refractivity contribution in [2.45, 2.75) is 77.4 Å². The van der Waals surface area contributed by atoms with Crippen molar-refractivity contribution >= 4 is 21.5 Å². The van der Waals surface area contributed by atoms with Crippen LogP contribution in [0.4, 0.5) is 0 Å². The van der Waals surface area contributed by atoms with Crippen LogP contribution in [0.2, 0.25) is 0 Å². The van der Waals surface area contributed by atoms with E-state index in [1.807, 2.05) is 12.1 Å². The van der Waals surface area contributed by atoms with Crippen molar-refractivity contribution in [3.8, 4) is 45.6 Å². The summed E-state index contributed by atoms with van der Waals surface area (Å²) in [4.78, 5) is 0. The highest BCUT2D eigenvalue weighted by atomic mass is 16.5. The minimum Gasteiger partial charge on any atom is -0.495 e. The molecule has 258 valence electrons. The number of aryl methyl sites for hydroxylation is 2. The van der Waals surface area contributed by atoms with E-state index in [4.69, 9.17) is 28.4 Å². The summed E-state index contributed by atoms with van der Waals surface area (Å²) in [6.45, 7) is 4.12. The van der Waals surface area contributed by atoms with Gasteiger partial charge in [0.2, 0.25) is 0 Å². The highest BCUT2D eigenvalue weighted by Gasteiger charge is 2.34. The van der Waals surface area contributed by atoms with Crippen LogP contribution in [0.15, 0.2) is 24.3 Å². The molecular formula is C40H50O8. The van der Waals surface area contributed by atoms with Crippen LogP contribution < -0.4 is 28.4 Å². The molecule has 0 heterocycles. The number of ether oxygens (including phenoxy) is 6. The Labute approximate surface area is 283 Å². The molecule has 6 rings (SSSR count). The van der Waals surface area contributed by atoms with Crippen LogP contribution in [0.1, 0.15) is 85.8 Å². The average molecular weight is 659 g/mol. The van der Waals surface area contributed by atoms with Gasteiger partial charge in [0.25, 0.3) is 0 Å². The molecule has 2 N–H and O–H groups in total. The van der Waals surface area contributed by atoms with Gasteiger partial charge in [-0.2, -0.15) is 0 Å². The van der Waals surface area contributed by atoms with Gasteiger partial charge in [-0.25, -0.2) is 0 Å². The molecule has 2 aliphatic carbocycles. The van der Waals surface area contributed by atoms with Crippen molar-refractivity contribution in [2.24, 2.45) is 11.8 Å². The lowest BCUT2D eigenvalue weighted by molar-refractivity contribution is 0.109. The molecule has 2 fully saturated rings. The van der Waals surface area contributed by atoms with Crippen LogP contribution in [0, 0.1) is 25.7 Å². The molecule has 4 aromatic rings. The smallest absolute Gasteiger partial charge is 0.167 e. The Bertz CT molecular complexity index is 1680. The van der Waals surface area contributed by atoms with Gasteiger partial charge in [0, 0.05) is 33.0 Å². The number of hydrogen-bond donors (Lipinski definition) is 2. The molecule has 0 bridgehead atoms. The summed E-state index contributed by atoms with van der Waals surface area (Å²) in [5, 5.41) is 27.0. The maximum atomic E-state index is 11.8. The molecule has 2 unspecified atom stereocenters. The van der Waals surface area contributed by atoms with Crippen molar-refractivity contribution in [1.29, 1.82) is 0 Å². The fourth-order valence-corrected chi connectivity index (χ4v) is 8.62. The van der Waals surface area contributed by atoms with E-state index in [9.17, 15) is 10.2 Å². The molecule has 0 radical (unpaired) electrons. The fourth-order valence-electron chi connectivity index (χ4n) is 8.62. The summed E-state index contributed by atoms with van der Waals surface area (Å²) in [7, 11) is 9.83. The molecule has 0 aromatic heterocycles. The monoisotopic (exact) mass is 658 g/mol. The lowest BCUT2D eigenvalue weighted by atomic mass is 9.84. The number of hydrogen-bond acceptors (Lipinski definition) is 8. The molecule has 0 aliphatic heterocycles.